The molecule has 1 saturated heterocycles. The molecule has 0 radical (unpaired) electrons. The Morgan fingerprint density at radius 1 is 1.03 bits per heavy atom. The highest BCUT2D eigenvalue weighted by Gasteiger charge is 2.17. The van der Waals surface area contributed by atoms with Crippen molar-refractivity contribution in [3.8, 4) is 11.3 Å². The van der Waals surface area contributed by atoms with E-state index >= 15 is 0 Å². The lowest BCUT2D eigenvalue weighted by Gasteiger charge is -2.23. The fourth-order valence-corrected chi connectivity index (χ4v) is 4.35. The topological polar surface area (TPSA) is 83.3 Å². The number of anilines is 1. The minimum absolute atomic E-state index is 0.0384. The largest absolute Gasteiger partial charge is 0.365 e. The number of nitrogens with zero attached hydrogens (tertiary/aromatic N) is 3. The lowest BCUT2D eigenvalue weighted by Crippen LogP contribution is -2.42. The van der Waals surface area contributed by atoms with Crippen molar-refractivity contribution in [3.63, 3.8) is 0 Å². The van der Waals surface area contributed by atoms with Gasteiger partial charge in [-0.3, -0.25) is 4.79 Å². The SMILES string of the molecule is O=C(NC1CCNCC1)c1ccc(-c2cnc3ccc(NCc4ccc(Cl)c(Cl)c4)nn23)cc1. The summed E-state index contributed by atoms with van der Waals surface area (Å²) in [5, 5.41) is 15.5. The number of imidazole rings is 1. The Balaban J connectivity index is 1.31. The number of carbonyl (C=O) groups excluding carboxylic acids is 1. The second-order valence-corrected chi connectivity index (χ2v) is 9.12. The molecule has 1 amide bonds. The quantitative estimate of drug-likeness (QED) is 0.358. The second kappa shape index (κ2) is 10.0. The van der Waals surface area contributed by atoms with E-state index in [0.717, 1.165) is 48.4 Å². The van der Waals surface area contributed by atoms with Crippen molar-refractivity contribution in [1.82, 2.24) is 25.2 Å². The number of nitrogens with one attached hydrogen (secondary N) is 3. The van der Waals surface area contributed by atoms with Gasteiger partial charge in [-0.05, 0) is 67.9 Å². The zero-order valence-corrected chi connectivity index (χ0v) is 19.9. The summed E-state index contributed by atoms with van der Waals surface area (Å²) >= 11 is 12.1. The molecule has 1 aliphatic heterocycles. The molecule has 5 rings (SSSR count). The third kappa shape index (κ3) is 5.01. The normalized spacial score (nSPS) is 14.3. The van der Waals surface area contributed by atoms with Gasteiger partial charge in [0, 0.05) is 23.7 Å². The van der Waals surface area contributed by atoms with E-state index in [-0.39, 0.29) is 11.9 Å². The first-order chi connectivity index (χ1) is 16.6. The summed E-state index contributed by atoms with van der Waals surface area (Å²) in [7, 11) is 0. The maximum absolute atomic E-state index is 12.6. The molecule has 0 atom stereocenters. The van der Waals surface area contributed by atoms with Crippen LogP contribution in [0.3, 0.4) is 0 Å². The summed E-state index contributed by atoms with van der Waals surface area (Å²) in [5.74, 6) is 0.666. The van der Waals surface area contributed by atoms with Crippen LogP contribution in [0.25, 0.3) is 16.9 Å². The smallest absolute Gasteiger partial charge is 0.251 e. The van der Waals surface area contributed by atoms with Crippen LogP contribution in [0.4, 0.5) is 5.82 Å². The maximum atomic E-state index is 12.6. The maximum Gasteiger partial charge on any atom is 0.251 e. The summed E-state index contributed by atoms with van der Waals surface area (Å²) in [5.41, 5.74) is 4.16. The van der Waals surface area contributed by atoms with E-state index in [4.69, 9.17) is 28.3 Å². The summed E-state index contributed by atoms with van der Waals surface area (Å²) in [4.78, 5) is 17.1. The van der Waals surface area contributed by atoms with Gasteiger partial charge in [-0.1, -0.05) is 41.4 Å². The molecule has 3 N–H and O–H groups in total. The molecule has 9 heteroatoms. The second-order valence-electron chi connectivity index (χ2n) is 8.31. The van der Waals surface area contributed by atoms with Gasteiger partial charge in [-0.25, -0.2) is 9.50 Å². The Labute approximate surface area is 207 Å². The van der Waals surface area contributed by atoms with Crippen molar-refractivity contribution in [2.24, 2.45) is 0 Å². The molecule has 0 bridgehead atoms. The third-order valence-corrected chi connectivity index (χ3v) is 6.68. The molecule has 174 valence electrons. The number of piperidine rings is 1. The number of amides is 1. The molecule has 4 aromatic rings. The molecule has 0 aliphatic carbocycles. The van der Waals surface area contributed by atoms with Gasteiger partial charge in [-0.15, -0.1) is 5.10 Å². The van der Waals surface area contributed by atoms with Crippen LogP contribution >= 0.6 is 23.2 Å². The Morgan fingerprint density at radius 3 is 2.59 bits per heavy atom. The Morgan fingerprint density at radius 2 is 1.82 bits per heavy atom. The van der Waals surface area contributed by atoms with Crippen molar-refractivity contribution in [2.75, 3.05) is 18.4 Å². The van der Waals surface area contributed by atoms with E-state index in [2.05, 4.69) is 20.9 Å². The predicted molar refractivity (Wildman–Crippen MR) is 136 cm³/mol. The number of aromatic nitrogens is 3. The average Bonchev–Trinajstić information content (AvgIpc) is 3.29. The van der Waals surface area contributed by atoms with Gasteiger partial charge in [0.1, 0.15) is 5.82 Å². The molecular weight excluding hydrogens is 471 g/mol. The van der Waals surface area contributed by atoms with E-state index in [0.29, 0.717) is 28.0 Å². The summed E-state index contributed by atoms with van der Waals surface area (Å²) in [6, 6.07) is 17.1. The first-order valence-corrected chi connectivity index (χ1v) is 12.0. The molecule has 0 saturated carbocycles. The zero-order valence-electron chi connectivity index (χ0n) is 18.4. The molecule has 0 spiro atoms. The summed E-state index contributed by atoms with van der Waals surface area (Å²) < 4.78 is 1.79. The molecule has 3 heterocycles. The fraction of sp³-hybridized carbons (Fsp3) is 0.240. The van der Waals surface area contributed by atoms with Gasteiger partial charge in [0.15, 0.2) is 5.65 Å². The standard InChI is InChI=1S/C25H24Cl2N6O/c26-20-6-1-16(13-21(20)27)14-29-23-7-8-24-30-15-22(33(24)32-23)17-2-4-18(5-3-17)25(34)31-19-9-11-28-12-10-19/h1-8,13,15,19,28H,9-12,14H2,(H,29,32)(H,31,34). The first kappa shape index (κ1) is 22.7. The van der Waals surface area contributed by atoms with Gasteiger partial charge in [-0.2, -0.15) is 0 Å². The minimum Gasteiger partial charge on any atom is -0.365 e. The van der Waals surface area contributed by atoms with Crippen LogP contribution in [0.1, 0.15) is 28.8 Å². The van der Waals surface area contributed by atoms with Crippen LogP contribution in [0, 0.1) is 0 Å². The number of halogens is 2. The Bertz CT molecular complexity index is 1310. The van der Waals surface area contributed by atoms with Gasteiger partial charge < -0.3 is 16.0 Å². The van der Waals surface area contributed by atoms with Crippen LogP contribution in [0.5, 0.6) is 0 Å². The van der Waals surface area contributed by atoms with E-state index in [9.17, 15) is 4.79 Å². The van der Waals surface area contributed by atoms with E-state index in [1.165, 1.54) is 0 Å². The highest BCUT2D eigenvalue weighted by atomic mass is 35.5. The number of rotatable bonds is 6. The number of benzene rings is 2. The Hall–Kier alpha value is -3.13. The van der Waals surface area contributed by atoms with E-state index in [1.807, 2.05) is 48.5 Å². The number of fused-ring (bicyclic) bond motifs is 1. The van der Waals surface area contributed by atoms with Crippen molar-refractivity contribution < 1.29 is 4.79 Å². The number of hydrogen-bond acceptors (Lipinski definition) is 5. The molecule has 1 fully saturated rings. The lowest BCUT2D eigenvalue weighted by molar-refractivity contribution is 0.0929. The van der Waals surface area contributed by atoms with Crippen molar-refractivity contribution in [2.45, 2.75) is 25.4 Å². The van der Waals surface area contributed by atoms with Crippen molar-refractivity contribution in [1.29, 1.82) is 0 Å². The summed E-state index contributed by atoms with van der Waals surface area (Å²) in [6.45, 7) is 2.44. The minimum atomic E-state index is -0.0384. The van der Waals surface area contributed by atoms with Crippen LogP contribution in [0.2, 0.25) is 10.0 Å². The van der Waals surface area contributed by atoms with Crippen LogP contribution in [0.15, 0.2) is 60.8 Å². The van der Waals surface area contributed by atoms with Crippen LogP contribution in [-0.4, -0.2) is 39.6 Å². The van der Waals surface area contributed by atoms with E-state index in [1.54, 1.807) is 16.8 Å². The van der Waals surface area contributed by atoms with Crippen LogP contribution in [-0.2, 0) is 6.54 Å². The molecule has 34 heavy (non-hydrogen) atoms. The molecule has 2 aromatic carbocycles. The molecule has 1 aliphatic rings. The lowest BCUT2D eigenvalue weighted by atomic mass is 10.1. The highest BCUT2D eigenvalue weighted by Crippen LogP contribution is 2.24. The predicted octanol–water partition coefficient (Wildman–Crippen LogP) is 4.80. The van der Waals surface area contributed by atoms with Crippen molar-refractivity contribution >= 4 is 40.6 Å². The Kier molecular flexibility index (Phi) is 6.67. The molecule has 7 nitrogen and oxygen atoms in total. The average molecular weight is 495 g/mol. The van der Waals surface area contributed by atoms with Gasteiger partial charge >= 0.3 is 0 Å². The zero-order chi connectivity index (χ0) is 23.5. The first-order valence-electron chi connectivity index (χ1n) is 11.2. The number of carbonyl (C=O) groups is 1. The van der Waals surface area contributed by atoms with Crippen molar-refractivity contribution in [3.05, 3.63) is 82.0 Å². The highest BCUT2D eigenvalue weighted by molar-refractivity contribution is 6.42. The van der Waals surface area contributed by atoms with Gasteiger partial charge in [0.25, 0.3) is 5.91 Å². The van der Waals surface area contributed by atoms with Crippen LogP contribution < -0.4 is 16.0 Å². The molecule has 0 unspecified atom stereocenters. The van der Waals surface area contributed by atoms with Gasteiger partial charge in [0.2, 0.25) is 0 Å². The number of hydrogen-bond donors (Lipinski definition) is 3. The van der Waals surface area contributed by atoms with E-state index < -0.39 is 0 Å². The van der Waals surface area contributed by atoms with Gasteiger partial charge in [0.05, 0.1) is 21.9 Å². The fourth-order valence-electron chi connectivity index (χ4n) is 4.03. The molecule has 2 aromatic heterocycles. The molecular formula is C25H24Cl2N6O. The third-order valence-electron chi connectivity index (χ3n) is 5.94. The monoisotopic (exact) mass is 494 g/mol. The summed E-state index contributed by atoms with van der Waals surface area (Å²) in [6.07, 6.45) is 3.70.